The van der Waals surface area contributed by atoms with Gasteiger partial charge in [-0.05, 0) is 44.0 Å². The third-order valence-electron chi connectivity index (χ3n) is 2.37. The molecule has 1 amide bonds. The Bertz CT molecular complexity index is 392. The lowest BCUT2D eigenvalue weighted by Gasteiger charge is -2.17. The van der Waals surface area contributed by atoms with Gasteiger partial charge in [-0.2, -0.15) is 0 Å². The Balaban J connectivity index is 2.66. The standard InChI is InChI=1S/C13H19NO3/c1-8-5-12(16)6-9(2)13(8)17-7-10(3)14-11(4)15/h5-6,10,16H,7H2,1-4H3,(H,14,15). The molecule has 4 heteroatoms. The van der Waals surface area contributed by atoms with Crippen molar-refractivity contribution in [2.45, 2.75) is 33.7 Å². The topological polar surface area (TPSA) is 58.6 Å². The Labute approximate surface area is 102 Å². The van der Waals surface area contributed by atoms with Gasteiger partial charge in [0.15, 0.2) is 0 Å². The van der Waals surface area contributed by atoms with Crippen LogP contribution in [0.5, 0.6) is 11.5 Å². The summed E-state index contributed by atoms with van der Waals surface area (Å²) in [5.41, 5.74) is 1.77. The maximum absolute atomic E-state index is 10.8. The molecule has 0 fully saturated rings. The van der Waals surface area contributed by atoms with Crippen LogP contribution < -0.4 is 10.1 Å². The van der Waals surface area contributed by atoms with E-state index in [1.54, 1.807) is 12.1 Å². The Kier molecular flexibility index (Phi) is 4.37. The molecule has 0 saturated heterocycles. The summed E-state index contributed by atoms with van der Waals surface area (Å²) >= 11 is 0. The van der Waals surface area contributed by atoms with E-state index in [4.69, 9.17) is 4.74 Å². The highest BCUT2D eigenvalue weighted by Gasteiger charge is 2.09. The van der Waals surface area contributed by atoms with Gasteiger partial charge in [-0.3, -0.25) is 4.79 Å². The second-order valence-corrected chi connectivity index (χ2v) is 4.32. The number of amides is 1. The minimum Gasteiger partial charge on any atom is -0.508 e. The average molecular weight is 237 g/mol. The van der Waals surface area contributed by atoms with E-state index in [0.29, 0.717) is 6.61 Å². The van der Waals surface area contributed by atoms with Crippen LogP contribution in [0.4, 0.5) is 0 Å². The van der Waals surface area contributed by atoms with E-state index in [-0.39, 0.29) is 17.7 Å². The van der Waals surface area contributed by atoms with Crippen LogP contribution in [0, 0.1) is 13.8 Å². The van der Waals surface area contributed by atoms with E-state index < -0.39 is 0 Å². The smallest absolute Gasteiger partial charge is 0.217 e. The molecule has 1 rings (SSSR count). The number of benzene rings is 1. The quantitative estimate of drug-likeness (QED) is 0.841. The van der Waals surface area contributed by atoms with Gasteiger partial charge in [-0.15, -0.1) is 0 Å². The first kappa shape index (κ1) is 13.4. The number of nitrogens with one attached hydrogen (secondary N) is 1. The third-order valence-corrected chi connectivity index (χ3v) is 2.37. The molecule has 94 valence electrons. The van der Waals surface area contributed by atoms with Gasteiger partial charge in [0.25, 0.3) is 0 Å². The average Bonchev–Trinajstić information content (AvgIpc) is 2.14. The molecule has 4 nitrogen and oxygen atoms in total. The van der Waals surface area contributed by atoms with Crippen molar-refractivity contribution in [2.24, 2.45) is 0 Å². The highest BCUT2D eigenvalue weighted by Crippen LogP contribution is 2.27. The molecule has 0 spiro atoms. The predicted molar refractivity (Wildman–Crippen MR) is 66.4 cm³/mol. The molecule has 0 aliphatic carbocycles. The Morgan fingerprint density at radius 1 is 1.41 bits per heavy atom. The highest BCUT2D eigenvalue weighted by atomic mass is 16.5. The maximum atomic E-state index is 10.8. The van der Waals surface area contributed by atoms with Crippen molar-refractivity contribution in [1.29, 1.82) is 0 Å². The molecule has 0 aromatic heterocycles. The van der Waals surface area contributed by atoms with E-state index in [2.05, 4.69) is 5.32 Å². The highest BCUT2D eigenvalue weighted by molar-refractivity contribution is 5.73. The molecule has 0 radical (unpaired) electrons. The molecule has 2 N–H and O–H groups in total. The van der Waals surface area contributed by atoms with Crippen LogP contribution in [-0.4, -0.2) is 23.7 Å². The summed E-state index contributed by atoms with van der Waals surface area (Å²) < 4.78 is 5.66. The lowest BCUT2D eigenvalue weighted by molar-refractivity contribution is -0.119. The number of carbonyl (C=O) groups excluding carboxylic acids is 1. The summed E-state index contributed by atoms with van der Waals surface area (Å²) in [5, 5.41) is 12.2. The first-order valence-electron chi connectivity index (χ1n) is 5.60. The molecule has 0 heterocycles. The molecule has 0 aliphatic rings. The fourth-order valence-electron chi connectivity index (χ4n) is 1.75. The molecule has 17 heavy (non-hydrogen) atoms. The van der Waals surface area contributed by atoms with Crippen molar-refractivity contribution in [3.63, 3.8) is 0 Å². The molecule has 0 bridgehead atoms. The van der Waals surface area contributed by atoms with Crippen molar-refractivity contribution in [2.75, 3.05) is 6.61 Å². The van der Waals surface area contributed by atoms with Crippen molar-refractivity contribution >= 4 is 5.91 Å². The number of carbonyl (C=O) groups is 1. The maximum Gasteiger partial charge on any atom is 0.217 e. The number of phenolic OH excluding ortho intramolecular Hbond substituents is 1. The first-order valence-corrected chi connectivity index (χ1v) is 5.60. The fourth-order valence-corrected chi connectivity index (χ4v) is 1.75. The molecular weight excluding hydrogens is 218 g/mol. The number of hydrogen-bond donors (Lipinski definition) is 2. The number of rotatable bonds is 4. The van der Waals surface area contributed by atoms with Gasteiger partial charge in [-0.25, -0.2) is 0 Å². The SMILES string of the molecule is CC(=O)NC(C)COc1c(C)cc(O)cc1C. The molecule has 1 unspecified atom stereocenters. The Morgan fingerprint density at radius 3 is 2.41 bits per heavy atom. The van der Waals surface area contributed by atoms with Crippen LogP contribution in [-0.2, 0) is 4.79 Å². The van der Waals surface area contributed by atoms with Crippen LogP contribution in [0.25, 0.3) is 0 Å². The zero-order valence-electron chi connectivity index (χ0n) is 10.7. The normalized spacial score (nSPS) is 12.0. The summed E-state index contributed by atoms with van der Waals surface area (Å²) in [4.78, 5) is 10.8. The third kappa shape index (κ3) is 3.98. The van der Waals surface area contributed by atoms with Gasteiger partial charge in [-0.1, -0.05) is 0 Å². The molecule has 1 aromatic carbocycles. The number of aromatic hydroxyl groups is 1. The summed E-state index contributed by atoms with van der Waals surface area (Å²) in [6.45, 7) is 7.53. The predicted octanol–water partition coefficient (Wildman–Crippen LogP) is 1.91. The Morgan fingerprint density at radius 2 is 1.94 bits per heavy atom. The number of ether oxygens (including phenoxy) is 1. The van der Waals surface area contributed by atoms with Gasteiger partial charge in [0.2, 0.25) is 5.91 Å². The molecular formula is C13H19NO3. The summed E-state index contributed by atoms with van der Waals surface area (Å²) in [5.74, 6) is 0.933. The lowest BCUT2D eigenvalue weighted by Crippen LogP contribution is -2.35. The summed E-state index contributed by atoms with van der Waals surface area (Å²) in [6, 6.07) is 3.27. The van der Waals surface area contributed by atoms with E-state index >= 15 is 0 Å². The van der Waals surface area contributed by atoms with Gasteiger partial charge in [0.1, 0.15) is 18.1 Å². The minimum absolute atomic E-state index is 0.0416. The monoisotopic (exact) mass is 237 g/mol. The molecule has 1 atom stereocenters. The summed E-state index contributed by atoms with van der Waals surface area (Å²) in [7, 11) is 0. The van der Waals surface area contributed by atoms with Crippen molar-refractivity contribution < 1.29 is 14.6 Å². The van der Waals surface area contributed by atoms with Gasteiger partial charge >= 0.3 is 0 Å². The van der Waals surface area contributed by atoms with Gasteiger partial charge in [0, 0.05) is 6.92 Å². The van der Waals surface area contributed by atoms with Crippen molar-refractivity contribution in [3.8, 4) is 11.5 Å². The molecule has 0 aliphatic heterocycles. The fraction of sp³-hybridized carbons (Fsp3) is 0.462. The first-order chi connectivity index (χ1) is 7.90. The van der Waals surface area contributed by atoms with Crippen LogP contribution in [0.3, 0.4) is 0 Å². The second kappa shape index (κ2) is 5.57. The van der Waals surface area contributed by atoms with E-state index in [1.165, 1.54) is 6.92 Å². The zero-order valence-corrected chi connectivity index (χ0v) is 10.7. The van der Waals surface area contributed by atoms with Crippen molar-refractivity contribution in [1.82, 2.24) is 5.32 Å². The van der Waals surface area contributed by atoms with Gasteiger partial charge < -0.3 is 15.2 Å². The summed E-state index contributed by atoms with van der Waals surface area (Å²) in [6.07, 6.45) is 0. The molecule has 1 aromatic rings. The van der Waals surface area contributed by atoms with E-state index in [9.17, 15) is 9.90 Å². The van der Waals surface area contributed by atoms with E-state index in [0.717, 1.165) is 16.9 Å². The van der Waals surface area contributed by atoms with Crippen LogP contribution in [0.2, 0.25) is 0 Å². The van der Waals surface area contributed by atoms with Crippen LogP contribution in [0.15, 0.2) is 12.1 Å². The van der Waals surface area contributed by atoms with Crippen LogP contribution in [0.1, 0.15) is 25.0 Å². The largest absolute Gasteiger partial charge is 0.508 e. The lowest BCUT2D eigenvalue weighted by atomic mass is 10.1. The van der Waals surface area contributed by atoms with Gasteiger partial charge in [0.05, 0.1) is 6.04 Å². The zero-order chi connectivity index (χ0) is 13.0. The second-order valence-electron chi connectivity index (χ2n) is 4.32. The van der Waals surface area contributed by atoms with Crippen LogP contribution >= 0.6 is 0 Å². The number of hydrogen-bond acceptors (Lipinski definition) is 3. The minimum atomic E-state index is -0.0692. The number of phenols is 1. The number of aryl methyl sites for hydroxylation is 2. The molecule has 0 saturated carbocycles. The van der Waals surface area contributed by atoms with E-state index in [1.807, 2.05) is 20.8 Å². The Hall–Kier alpha value is -1.71. The van der Waals surface area contributed by atoms with Crippen molar-refractivity contribution in [3.05, 3.63) is 23.3 Å².